The molecular formula is C24H29NO8. The van der Waals surface area contributed by atoms with Crippen molar-refractivity contribution in [1.82, 2.24) is 0 Å². The fourth-order valence-electron chi connectivity index (χ4n) is 3.68. The van der Waals surface area contributed by atoms with Crippen LogP contribution < -0.4 is 29.0 Å². The Balaban J connectivity index is 1.72. The lowest BCUT2D eigenvalue weighted by atomic mass is 9.90. The number of rotatable bonds is 11. The Kier molecular flexibility index (Phi) is 8.23. The summed E-state index contributed by atoms with van der Waals surface area (Å²) in [6.45, 7) is 1.21. The number of anilines is 1. The summed E-state index contributed by atoms with van der Waals surface area (Å²) in [6, 6.07) is 8.77. The van der Waals surface area contributed by atoms with Gasteiger partial charge in [-0.1, -0.05) is 0 Å². The number of ether oxygens (including phenoxy) is 5. The minimum absolute atomic E-state index is 0.0302. The van der Waals surface area contributed by atoms with Crippen LogP contribution >= 0.6 is 0 Å². The molecule has 1 heterocycles. The van der Waals surface area contributed by atoms with Crippen LogP contribution in [-0.2, 0) is 9.59 Å². The van der Waals surface area contributed by atoms with Crippen LogP contribution in [0.4, 0.5) is 5.69 Å². The first-order valence-corrected chi connectivity index (χ1v) is 10.6. The van der Waals surface area contributed by atoms with Crippen molar-refractivity contribution in [3.8, 4) is 28.7 Å². The Morgan fingerprint density at radius 1 is 0.970 bits per heavy atom. The second-order valence-corrected chi connectivity index (χ2v) is 7.56. The van der Waals surface area contributed by atoms with E-state index < -0.39 is 11.9 Å². The van der Waals surface area contributed by atoms with Crippen LogP contribution in [0.25, 0.3) is 0 Å². The first-order chi connectivity index (χ1) is 15.9. The second-order valence-electron chi connectivity index (χ2n) is 7.56. The third-order valence-electron chi connectivity index (χ3n) is 5.29. The van der Waals surface area contributed by atoms with Crippen LogP contribution in [-0.4, -0.2) is 57.9 Å². The number of methoxy groups -OCH3 is 3. The predicted molar refractivity (Wildman–Crippen MR) is 121 cm³/mol. The lowest BCUT2D eigenvalue weighted by Crippen LogP contribution is -2.18. The first kappa shape index (κ1) is 24.0. The van der Waals surface area contributed by atoms with Crippen molar-refractivity contribution in [2.45, 2.75) is 25.2 Å². The molecule has 33 heavy (non-hydrogen) atoms. The van der Waals surface area contributed by atoms with Crippen molar-refractivity contribution >= 4 is 17.4 Å². The standard InChI is InChI=1S/C24H29NO8/c1-29-21-10-16(11-22(30-2)24(21)31-3)15(12-23(27)28)9-18(26)14-25-17-5-6-19-20(13-17)33-8-4-7-32-19/h5-6,10-11,13,15,25H,4,7-9,12,14H2,1-3H3,(H,27,28). The SMILES string of the molecule is COc1cc(C(CC(=O)O)CC(=O)CNc2ccc3c(c2)OCCCO3)cc(OC)c1OC. The third kappa shape index (κ3) is 6.21. The topological polar surface area (TPSA) is 113 Å². The number of benzene rings is 2. The van der Waals surface area contributed by atoms with Gasteiger partial charge in [0, 0.05) is 30.5 Å². The number of aliphatic carboxylic acids is 1. The predicted octanol–water partition coefficient (Wildman–Crippen LogP) is 3.50. The maximum atomic E-state index is 12.8. The minimum Gasteiger partial charge on any atom is -0.493 e. The van der Waals surface area contributed by atoms with E-state index in [0.717, 1.165) is 12.1 Å². The molecule has 3 rings (SSSR count). The van der Waals surface area contributed by atoms with Gasteiger partial charge in [0.1, 0.15) is 0 Å². The molecule has 1 atom stereocenters. The molecule has 9 heteroatoms. The molecule has 0 amide bonds. The first-order valence-electron chi connectivity index (χ1n) is 10.6. The summed E-state index contributed by atoms with van der Waals surface area (Å²) >= 11 is 0. The molecule has 2 N–H and O–H groups in total. The van der Waals surface area contributed by atoms with Crippen molar-refractivity contribution < 1.29 is 38.4 Å². The molecule has 9 nitrogen and oxygen atoms in total. The summed E-state index contributed by atoms with van der Waals surface area (Å²) < 4.78 is 27.4. The average molecular weight is 459 g/mol. The number of nitrogens with one attached hydrogen (secondary N) is 1. The van der Waals surface area contributed by atoms with Gasteiger partial charge in [-0.05, 0) is 29.8 Å². The molecule has 0 spiro atoms. The van der Waals surface area contributed by atoms with Gasteiger partial charge in [0.25, 0.3) is 0 Å². The summed E-state index contributed by atoms with van der Waals surface area (Å²) in [5, 5.41) is 12.5. The van der Waals surface area contributed by atoms with E-state index in [9.17, 15) is 14.7 Å². The molecule has 1 unspecified atom stereocenters. The molecular weight excluding hydrogens is 430 g/mol. The van der Waals surface area contributed by atoms with Crippen LogP contribution in [0.1, 0.15) is 30.7 Å². The van der Waals surface area contributed by atoms with E-state index >= 15 is 0 Å². The van der Waals surface area contributed by atoms with Gasteiger partial charge in [-0.2, -0.15) is 0 Å². The Bertz CT molecular complexity index is 965. The normalized spacial score (nSPS) is 13.4. The van der Waals surface area contributed by atoms with E-state index in [-0.39, 0.29) is 25.2 Å². The summed E-state index contributed by atoms with van der Waals surface area (Å²) in [5.41, 5.74) is 1.34. The average Bonchev–Trinajstić information content (AvgIpc) is 3.06. The number of carboxylic acids is 1. The Morgan fingerprint density at radius 2 is 1.64 bits per heavy atom. The smallest absolute Gasteiger partial charge is 0.303 e. The maximum absolute atomic E-state index is 12.8. The van der Waals surface area contributed by atoms with Crippen molar-refractivity contribution in [3.63, 3.8) is 0 Å². The molecule has 0 saturated heterocycles. The van der Waals surface area contributed by atoms with Gasteiger partial charge in [-0.3, -0.25) is 9.59 Å². The van der Waals surface area contributed by atoms with Crippen LogP contribution in [0.15, 0.2) is 30.3 Å². The van der Waals surface area contributed by atoms with E-state index in [0.29, 0.717) is 47.5 Å². The summed E-state index contributed by atoms with van der Waals surface area (Å²) in [4.78, 5) is 24.3. The Labute approximate surface area is 192 Å². The van der Waals surface area contributed by atoms with E-state index in [1.54, 1.807) is 24.3 Å². The van der Waals surface area contributed by atoms with E-state index in [2.05, 4.69) is 5.32 Å². The van der Waals surface area contributed by atoms with Crippen LogP contribution in [0, 0.1) is 0 Å². The quantitative estimate of drug-likeness (QED) is 0.521. The molecule has 0 radical (unpaired) electrons. The van der Waals surface area contributed by atoms with Gasteiger partial charge in [0.05, 0.1) is 47.5 Å². The molecule has 0 aliphatic carbocycles. The van der Waals surface area contributed by atoms with Crippen LogP contribution in [0.5, 0.6) is 28.7 Å². The summed E-state index contributed by atoms with van der Waals surface area (Å²) in [6.07, 6.45) is 0.624. The van der Waals surface area contributed by atoms with Crippen molar-refractivity contribution in [1.29, 1.82) is 0 Å². The van der Waals surface area contributed by atoms with Gasteiger partial charge in [-0.25, -0.2) is 0 Å². The molecule has 0 bridgehead atoms. The fraction of sp³-hybridized carbons (Fsp3) is 0.417. The van der Waals surface area contributed by atoms with E-state index in [1.165, 1.54) is 21.3 Å². The van der Waals surface area contributed by atoms with Gasteiger partial charge >= 0.3 is 5.97 Å². The highest BCUT2D eigenvalue weighted by Crippen LogP contribution is 2.41. The molecule has 0 fully saturated rings. The second kappa shape index (κ2) is 11.3. The molecule has 2 aromatic rings. The number of fused-ring (bicyclic) bond motifs is 1. The third-order valence-corrected chi connectivity index (χ3v) is 5.29. The fourth-order valence-corrected chi connectivity index (χ4v) is 3.68. The van der Waals surface area contributed by atoms with Crippen molar-refractivity contribution in [3.05, 3.63) is 35.9 Å². The van der Waals surface area contributed by atoms with Gasteiger partial charge in [0.15, 0.2) is 28.8 Å². The minimum atomic E-state index is -1.00. The van der Waals surface area contributed by atoms with Gasteiger partial charge in [0.2, 0.25) is 5.75 Å². The highest BCUT2D eigenvalue weighted by Gasteiger charge is 2.23. The number of carbonyl (C=O) groups is 2. The Morgan fingerprint density at radius 3 is 2.24 bits per heavy atom. The number of Topliss-reactive ketones (excluding diaryl/α,β-unsaturated/α-hetero) is 1. The number of ketones is 1. The highest BCUT2D eigenvalue weighted by atomic mass is 16.5. The lowest BCUT2D eigenvalue weighted by molar-refractivity contribution is -0.137. The van der Waals surface area contributed by atoms with Crippen molar-refractivity contribution in [2.24, 2.45) is 0 Å². The zero-order valence-corrected chi connectivity index (χ0v) is 19.0. The molecule has 1 aliphatic heterocycles. The molecule has 178 valence electrons. The zero-order valence-electron chi connectivity index (χ0n) is 19.0. The Hall–Kier alpha value is -3.62. The molecule has 1 aliphatic rings. The van der Waals surface area contributed by atoms with Crippen LogP contribution in [0.3, 0.4) is 0 Å². The lowest BCUT2D eigenvalue weighted by Gasteiger charge is -2.19. The summed E-state index contributed by atoms with van der Waals surface area (Å²) in [5.74, 6) is 0.813. The number of hydrogen-bond acceptors (Lipinski definition) is 8. The number of hydrogen-bond donors (Lipinski definition) is 2. The van der Waals surface area contributed by atoms with Gasteiger partial charge < -0.3 is 34.1 Å². The summed E-state index contributed by atoms with van der Waals surface area (Å²) in [7, 11) is 4.46. The van der Waals surface area contributed by atoms with E-state index in [4.69, 9.17) is 23.7 Å². The van der Waals surface area contributed by atoms with E-state index in [1.807, 2.05) is 6.07 Å². The van der Waals surface area contributed by atoms with Crippen molar-refractivity contribution in [2.75, 3.05) is 46.4 Å². The number of carbonyl (C=O) groups excluding carboxylic acids is 1. The monoisotopic (exact) mass is 459 g/mol. The maximum Gasteiger partial charge on any atom is 0.303 e. The van der Waals surface area contributed by atoms with Gasteiger partial charge in [-0.15, -0.1) is 0 Å². The molecule has 2 aromatic carbocycles. The largest absolute Gasteiger partial charge is 0.493 e. The zero-order chi connectivity index (χ0) is 23.8. The van der Waals surface area contributed by atoms with Crippen LogP contribution in [0.2, 0.25) is 0 Å². The molecule has 0 saturated carbocycles. The highest BCUT2D eigenvalue weighted by molar-refractivity contribution is 5.84. The number of carboxylic acid groups (broad SMARTS) is 1. The molecule has 0 aromatic heterocycles.